The third-order valence-corrected chi connectivity index (χ3v) is 6.13. The van der Waals surface area contributed by atoms with Gasteiger partial charge in [-0.05, 0) is 62.0 Å². The second-order valence-corrected chi connectivity index (χ2v) is 8.12. The maximum atomic E-state index is 11.9. The highest BCUT2D eigenvalue weighted by molar-refractivity contribution is 7.10. The molecule has 0 bridgehead atoms. The first-order valence-electron chi connectivity index (χ1n) is 10.3. The van der Waals surface area contributed by atoms with E-state index >= 15 is 0 Å². The Balaban J connectivity index is 1.53. The van der Waals surface area contributed by atoms with Crippen molar-refractivity contribution in [2.24, 2.45) is 4.99 Å². The van der Waals surface area contributed by atoms with Crippen LogP contribution < -0.4 is 16.0 Å². The number of amides is 1. The number of carbonyl (C=O) groups excluding carboxylic acids is 1. The first kappa shape index (κ1) is 21.3. The number of hydrogen-bond acceptors (Lipinski definition) is 4. The zero-order valence-electron chi connectivity index (χ0n) is 17.3. The Hall–Kier alpha value is -2.38. The fourth-order valence-electron chi connectivity index (χ4n) is 3.58. The Kier molecular flexibility index (Phi) is 8.07. The summed E-state index contributed by atoms with van der Waals surface area (Å²) in [7, 11) is 1.80. The van der Waals surface area contributed by atoms with E-state index in [-0.39, 0.29) is 5.91 Å². The summed E-state index contributed by atoms with van der Waals surface area (Å²) in [5.74, 6) is 0.754. The highest BCUT2D eigenvalue weighted by Crippen LogP contribution is 2.27. The van der Waals surface area contributed by atoms with Gasteiger partial charge >= 0.3 is 0 Å². The molecule has 0 aliphatic carbocycles. The van der Waals surface area contributed by atoms with Crippen molar-refractivity contribution in [1.82, 2.24) is 20.9 Å². The number of rotatable bonds is 8. The number of aliphatic imine (C=N–C) groups is 1. The Morgan fingerprint density at radius 1 is 1.14 bits per heavy atom. The molecular weight excluding hydrogens is 382 g/mol. The van der Waals surface area contributed by atoms with Crippen LogP contribution in [0.2, 0.25) is 0 Å². The van der Waals surface area contributed by atoms with Crippen LogP contribution in [0.4, 0.5) is 0 Å². The zero-order chi connectivity index (χ0) is 20.5. The number of hydrogen-bond donors (Lipinski definition) is 3. The maximum absolute atomic E-state index is 11.9. The van der Waals surface area contributed by atoms with E-state index in [4.69, 9.17) is 0 Å². The summed E-state index contributed by atoms with van der Waals surface area (Å²) in [6.07, 6.45) is 2.56. The number of nitrogens with zero attached hydrogens (tertiary/aromatic N) is 2. The largest absolute Gasteiger partial charge is 0.354 e. The molecule has 3 rings (SSSR count). The standard InChI is InChI=1S/C22H31N5OS/c1-3-24-21(28)18-10-8-17(9-11-18)15-25-22(23-2)26-16-19(20-7-6-14-29-20)27-12-4-5-13-27/h6-11,14,19H,3-5,12-13,15-16H2,1-2H3,(H,24,28)(H2,23,25,26). The molecule has 2 heterocycles. The summed E-state index contributed by atoms with van der Waals surface area (Å²) in [4.78, 5) is 20.2. The topological polar surface area (TPSA) is 68.8 Å². The number of carbonyl (C=O) groups is 1. The van der Waals surface area contributed by atoms with E-state index in [1.165, 1.54) is 17.7 Å². The highest BCUT2D eigenvalue weighted by Gasteiger charge is 2.24. The molecule has 0 saturated carbocycles. The molecule has 1 unspecified atom stereocenters. The summed E-state index contributed by atoms with van der Waals surface area (Å²) in [5.41, 5.74) is 1.79. The van der Waals surface area contributed by atoms with E-state index in [1.54, 1.807) is 7.05 Å². The predicted molar refractivity (Wildman–Crippen MR) is 121 cm³/mol. The molecule has 1 amide bonds. The third-order valence-electron chi connectivity index (χ3n) is 5.15. The van der Waals surface area contributed by atoms with Gasteiger partial charge in [0.1, 0.15) is 0 Å². The van der Waals surface area contributed by atoms with Crippen molar-refractivity contribution in [3.05, 3.63) is 57.8 Å². The second-order valence-electron chi connectivity index (χ2n) is 7.14. The minimum absolute atomic E-state index is 0.0361. The fourth-order valence-corrected chi connectivity index (χ4v) is 4.44. The van der Waals surface area contributed by atoms with Crippen LogP contribution in [-0.2, 0) is 6.54 Å². The number of benzene rings is 1. The van der Waals surface area contributed by atoms with Crippen LogP contribution in [0.25, 0.3) is 0 Å². The number of likely N-dealkylation sites (tertiary alicyclic amines) is 1. The van der Waals surface area contributed by atoms with Gasteiger partial charge in [-0.1, -0.05) is 18.2 Å². The van der Waals surface area contributed by atoms with Gasteiger partial charge in [-0.2, -0.15) is 0 Å². The van der Waals surface area contributed by atoms with E-state index in [9.17, 15) is 4.79 Å². The number of thiophene rings is 1. The van der Waals surface area contributed by atoms with Gasteiger partial charge in [0, 0.05) is 37.1 Å². The van der Waals surface area contributed by atoms with Gasteiger partial charge in [0.05, 0.1) is 6.04 Å². The molecule has 1 aliphatic rings. The molecule has 1 aromatic heterocycles. The molecule has 3 N–H and O–H groups in total. The highest BCUT2D eigenvalue weighted by atomic mass is 32.1. The van der Waals surface area contributed by atoms with Crippen molar-refractivity contribution in [2.75, 3.05) is 33.2 Å². The minimum atomic E-state index is -0.0361. The Morgan fingerprint density at radius 2 is 1.90 bits per heavy atom. The lowest BCUT2D eigenvalue weighted by Crippen LogP contribution is -2.42. The summed E-state index contributed by atoms with van der Waals surface area (Å²) in [6, 6.07) is 12.4. The fraction of sp³-hybridized carbons (Fsp3) is 0.455. The van der Waals surface area contributed by atoms with E-state index in [0.29, 0.717) is 24.7 Å². The molecule has 1 aromatic carbocycles. The van der Waals surface area contributed by atoms with Crippen LogP contribution in [0.1, 0.15) is 46.6 Å². The molecule has 2 aromatic rings. The molecule has 1 saturated heterocycles. The lowest BCUT2D eigenvalue weighted by atomic mass is 10.1. The first-order valence-corrected chi connectivity index (χ1v) is 11.2. The molecule has 29 heavy (non-hydrogen) atoms. The summed E-state index contributed by atoms with van der Waals surface area (Å²) < 4.78 is 0. The van der Waals surface area contributed by atoms with E-state index < -0.39 is 0 Å². The van der Waals surface area contributed by atoms with E-state index in [0.717, 1.165) is 31.2 Å². The molecule has 1 atom stereocenters. The van der Waals surface area contributed by atoms with Crippen LogP contribution in [0, 0.1) is 0 Å². The summed E-state index contributed by atoms with van der Waals surface area (Å²) >= 11 is 1.82. The van der Waals surface area contributed by atoms with E-state index in [1.807, 2.05) is 42.5 Å². The van der Waals surface area contributed by atoms with Crippen molar-refractivity contribution in [3.8, 4) is 0 Å². The normalized spacial score (nSPS) is 15.9. The molecule has 1 fully saturated rings. The van der Waals surface area contributed by atoms with Crippen molar-refractivity contribution in [2.45, 2.75) is 32.4 Å². The van der Waals surface area contributed by atoms with Gasteiger partial charge in [-0.3, -0.25) is 14.7 Å². The maximum Gasteiger partial charge on any atom is 0.251 e. The van der Waals surface area contributed by atoms with Crippen molar-refractivity contribution >= 4 is 23.2 Å². The minimum Gasteiger partial charge on any atom is -0.354 e. The van der Waals surface area contributed by atoms with E-state index in [2.05, 4.69) is 43.4 Å². The van der Waals surface area contributed by atoms with Gasteiger partial charge in [0.2, 0.25) is 0 Å². The average Bonchev–Trinajstić information content (AvgIpc) is 3.46. The van der Waals surface area contributed by atoms with Crippen LogP contribution in [-0.4, -0.2) is 50.0 Å². The van der Waals surface area contributed by atoms with Crippen LogP contribution in [0.5, 0.6) is 0 Å². The van der Waals surface area contributed by atoms with Crippen LogP contribution in [0.15, 0.2) is 46.8 Å². The lowest BCUT2D eigenvalue weighted by molar-refractivity contribution is 0.0956. The lowest BCUT2D eigenvalue weighted by Gasteiger charge is -2.27. The van der Waals surface area contributed by atoms with Crippen LogP contribution >= 0.6 is 11.3 Å². The van der Waals surface area contributed by atoms with Gasteiger partial charge < -0.3 is 16.0 Å². The zero-order valence-corrected chi connectivity index (χ0v) is 18.1. The second kappa shape index (κ2) is 11.0. The SMILES string of the molecule is CCNC(=O)c1ccc(CNC(=NC)NCC(c2cccs2)N2CCCC2)cc1. The van der Waals surface area contributed by atoms with Crippen LogP contribution in [0.3, 0.4) is 0 Å². The molecule has 0 spiro atoms. The molecule has 6 nitrogen and oxygen atoms in total. The third kappa shape index (κ3) is 6.05. The first-order chi connectivity index (χ1) is 14.2. The average molecular weight is 414 g/mol. The van der Waals surface area contributed by atoms with Crippen molar-refractivity contribution in [1.29, 1.82) is 0 Å². The van der Waals surface area contributed by atoms with Gasteiger partial charge in [-0.15, -0.1) is 11.3 Å². The molecule has 0 radical (unpaired) electrons. The molecule has 7 heteroatoms. The quantitative estimate of drug-likeness (QED) is 0.460. The Morgan fingerprint density at radius 3 is 2.52 bits per heavy atom. The summed E-state index contributed by atoms with van der Waals surface area (Å²) in [6.45, 7) is 6.36. The van der Waals surface area contributed by atoms with Crippen molar-refractivity contribution in [3.63, 3.8) is 0 Å². The van der Waals surface area contributed by atoms with Gasteiger partial charge in [0.15, 0.2) is 5.96 Å². The van der Waals surface area contributed by atoms with Crippen molar-refractivity contribution < 1.29 is 4.79 Å². The predicted octanol–water partition coefficient (Wildman–Crippen LogP) is 3.00. The Bertz CT molecular complexity index is 782. The Labute approximate surface area is 177 Å². The molecule has 156 valence electrons. The molecule has 1 aliphatic heterocycles. The molecular formula is C22H31N5OS. The van der Waals surface area contributed by atoms with Gasteiger partial charge in [-0.25, -0.2) is 0 Å². The number of nitrogens with one attached hydrogen (secondary N) is 3. The monoisotopic (exact) mass is 413 g/mol. The number of guanidine groups is 1. The smallest absolute Gasteiger partial charge is 0.251 e. The van der Waals surface area contributed by atoms with Gasteiger partial charge in [0.25, 0.3) is 5.91 Å². The summed E-state index contributed by atoms with van der Waals surface area (Å²) in [5, 5.41) is 11.8.